The van der Waals surface area contributed by atoms with Crippen molar-refractivity contribution in [1.29, 1.82) is 0 Å². The van der Waals surface area contributed by atoms with Crippen molar-refractivity contribution in [2.45, 2.75) is 326 Å². The summed E-state index contributed by atoms with van der Waals surface area (Å²) < 4.78 is 87.1. The maximum Gasteiger partial charge on any atom is 0.316 e. The van der Waals surface area contributed by atoms with Crippen LogP contribution in [0.4, 0.5) is 0 Å². The maximum atomic E-state index is 12.4. The van der Waals surface area contributed by atoms with E-state index in [-0.39, 0.29) is 161 Å². The smallest absolute Gasteiger partial charge is 0.316 e. The number of hydrogen-bond acceptors (Lipinski definition) is 30. The van der Waals surface area contributed by atoms with Gasteiger partial charge >= 0.3 is 83.6 Å². The molecular formula is C88H124O30. The van der Waals surface area contributed by atoms with E-state index >= 15 is 0 Å². The molecule has 0 amide bonds. The lowest BCUT2D eigenvalue weighted by Crippen LogP contribution is -2.49. The first kappa shape index (κ1) is 88.3. The molecule has 0 aromatic rings. The number of fused-ring (bicyclic) bond motifs is 6. The van der Waals surface area contributed by atoms with Crippen molar-refractivity contribution < 1.29 is 143 Å². The van der Waals surface area contributed by atoms with Crippen LogP contribution in [0.1, 0.15) is 228 Å². The Morgan fingerprint density at radius 2 is 0.797 bits per heavy atom. The zero-order chi connectivity index (χ0) is 86.6. The molecule has 656 valence electrons. The van der Waals surface area contributed by atoms with Gasteiger partial charge in [0.2, 0.25) is 0 Å². The van der Waals surface area contributed by atoms with Gasteiger partial charge in [-0.3, -0.25) is 67.1 Å². The van der Waals surface area contributed by atoms with Gasteiger partial charge in [0.1, 0.15) is 90.3 Å². The molecule has 0 aromatic carbocycles. The molecule has 30 nitrogen and oxygen atoms in total. The maximum absolute atomic E-state index is 12.4. The minimum absolute atomic E-state index is 0.0378. The number of ether oxygens (including phenoxy) is 16. The van der Waals surface area contributed by atoms with Crippen molar-refractivity contribution in [1.82, 2.24) is 0 Å². The number of hydrogen-bond donors (Lipinski definition) is 0. The van der Waals surface area contributed by atoms with Crippen LogP contribution in [0.25, 0.3) is 0 Å². The Kier molecular flexibility index (Phi) is 23.5. The highest BCUT2D eigenvalue weighted by Gasteiger charge is 2.76. The van der Waals surface area contributed by atoms with Crippen LogP contribution in [0.2, 0.25) is 0 Å². The molecule has 118 heavy (non-hydrogen) atoms. The fourth-order valence-electron chi connectivity index (χ4n) is 21.5. The largest absolute Gasteiger partial charge is 0.469 e. The molecule has 0 spiro atoms. The summed E-state index contributed by atoms with van der Waals surface area (Å²) in [6, 6.07) is 0. The van der Waals surface area contributed by atoms with Gasteiger partial charge in [0.05, 0.1) is 76.5 Å². The van der Waals surface area contributed by atoms with Crippen molar-refractivity contribution in [2.24, 2.45) is 126 Å². The van der Waals surface area contributed by atoms with E-state index in [2.05, 4.69) is 6.92 Å². The Bertz CT molecular complexity index is 3940. The van der Waals surface area contributed by atoms with Gasteiger partial charge in [-0.2, -0.15) is 0 Å². The first-order valence-corrected chi connectivity index (χ1v) is 43.1. The fraction of sp³-hybridized carbons (Fsp3) is 0.841. The molecule has 10 heterocycles. The third-order valence-electron chi connectivity index (χ3n) is 31.5. The Morgan fingerprint density at radius 3 is 1.35 bits per heavy atom. The number of esters is 14. The van der Waals surface area contributed by atoms with Crippen LogP contribution in [0.15, 0.2) is 0 Å². The lowest BCUT2D eigenvalue weighted by atomic mass is 9.73. The van der Waals surface area contributed by atoms with E-state index in [9.17, 15) is 67.1 Å². The average Bonchev–Trinajstić information content (AvgIpc) is 1.57. The van der Waals surface area contributed by atoms with Crippen molar-refractivity contribution in [2.75, 3.05) is 14.2 Å². The minimum atomic E-state index is -0.774. The quantitative estimate of drug-likeness (QED) is 0.0808. The first-order valence-electron chi connectivity index (χ1n) is 43.1. The Morgan fingerprint density at radius 1 is 0.347 bits per heavy atom. The van der Waals surface area contributed by atoms with Crippen LogP contribution < -0.4 is 0 Å². The van der Waals surface area contributed by atoms with Crippen LogP contribution in [0.3, 0.4) is 0 Å². The van der Waals surface area contributed by atoms with Crippen LogP contribution in [-0.2, 0) is 143 Å². The zero-order valence-electron chi connectivity index (χ0n) is 72.5. The van der Waals surface area contributed by atoms with Gasteiger partial charge in [-0.05, 0) is 180 Å². The number of carbonyl (C=O) groups excluding carboxylic acids is 14. The van der Waals surface area contributed by atoms with E-state index in [1.807, 2.05) is 118 Å². The summed E-state index contributed by atoms with van der Waals surface area (Å²) in [5, 5.41) is 0. The van der Waals surface area contributed by atoms with Crippen molar-refractivity contribution in [3.8, 4) is 0 Å². The van der Waals surface area contributed by atoms with Gasteiger partial charge in [0.15, 0.2) is 24.4 Å². The predicted molar refractivity (Wildman–Crippen MR) is 406 cm³/mol. The number of carbonyl (C=O) groups is 14. The second-order valence-corrected chi connectivity index (χ2v) is 40.7. The molecule has 18 fully saturated rings. The highest BCUT2D eigenvalue weighted by molar-refractivity contribution is 5.89. The van der Waals surface area contributed by atoms with Crippen LogP contribution in [-0.4, -0.2) is 195 Å². The van der Waals surface area contributed by atoms with E-state index in [0.717, 1.165) is 57.8 Å². The van der Waals surface area contributed by atoms with Crippen molar-refractivity contribution >= 4 is 83.6 Å². The number of rotatable bonds is 20. The summed E-state index contributed by atoms with van der Waals surface area (Å²) in [7, 11) is 2.57. The lowest BCUT2D eigenvalue weighted by molar-refractivity contribution is -0.174. The van der Waals surface area contributed by atoms with Gasteiger partial charge in [0, 0.05) is 46.8 Å². The van der Waals surface area contributed by atoms with E-state index in [4.69, 9.17) is 75.8 Å². The van der Waals surface area contributed by atoms with Gasteiger partial charge in [-0.1, -0.05) is 48.5 Å². The second-order valence-electron chi connectivity index (χ2n) is 40.7. The van der Waals surface area contributed by atoms with Gasteiger partial charge < -0.3 is 75.8 Å². The van der Waals surface area contributed by atoms with Crippen molar-refractivity contribution in [3.63, 3.8) is 0 Å². The van der Waals surface area contributed by atoms with Crippen LogP contribution >= 0.6 is 0 Å². The van der Waals surface area contributed by atoms with E-state index in [1.54, 1.807) is 13.8 Å². The topological polar surface area (TPSA) is 387 Å². The lowest BCUT2D eigenvalue weighted by Gasteiger charge is -2.34. The first-order chi connectivity index (χ1) is 55.1. The molecular weight excluding hydrogens is 1540 g/mol. The molecule has 30 heteroatoms. The molecule has 0 N–H and O–H groups in total. The standard InChI is InChI=1S/C16H22O6.C15H20O7.2C15H22O4.C14H20O4.C13H18O5/c1-5-16(2,3)15(19)22-12-7-6-8-10(9(7)13(17)20-4)14(18)21-11(8)12;1-5-15(2,3)14(18)22-11-8-6(12(16)19-4)7-9(20-8)10(11)21-13(7)17;1-5-14(2,3)13(17)19-11-10-8-6-15(11,4)7-9(8)12(16)18-10;1-5-14(2,3)12(16)19-11-8-6-9-10(7-8)18-13(17)15(9,11)4;1-4-14(2,3)13(16)18-11-7-5-8-9(6-7)17-12(15)10(8)11;1-4-13(2,3)12(15)18-9-7-5-6-8(16-7)10(9)17-11(6)14/h7-12H,5-6H2,1-4H3;6-11H,5H2,1-4H3;2*8-11H,5-7H2,1-4H3;7-11H,4-6H2,1-3H3;6-10H,4-5H2,1-3H3. The highest BCUT2D eigenvalue weighted by atomic mass is 16.7. The molecule has 0 aromatic heterocycles. The second kappa shape index (κ2) is 31.4. The Hall–Kier alpha value is -7.50. The van der Waals surface area contributed by atoms with Crippen molar-refractivity contribution in [3.05, 3.63) is 0 Å². The molecule has 32 unspecified atom stereocenters. The fourth-order valence-corrected chi connectivity index (χ4v) is 21.5. The summed E-state index contributed by atoms with van der Waals surface area (Å²) >= 11 is 0. The average molecular weight is 1660 g/mol. The van der Waals surface area contributed by atoms with Crippen LogP contribution in [0.5, 0.6) is 0 Å². The predicted octanol–water partition coefficient (Wildman–Crippen LogP) is 9.34. The van der Waals surface area contributed by atoms with Gasteiger partial charge in [-0.25, -0.2) is 0 Å². The van der Waals surface area contributed by atoms with Gasteiger partial charge in [0.25, 0.3) is 0 Å². The molecule has 12 bridgehead atoms. The molecule has 10 saturated heterocycles. The third kappa shape index (κ3) is 14.7. The zero-order valence-corrected chi connectivity index (χ0v) is 72.5. The molecule has 32 atom stereocenters. The molecule has 10 aliphatic heterocycles. The summed E-state index contributed by atoms with van der Waals surface area (Å²) in [6.45, 7) is 38.0. The SMILES string of the molecule is CCC(C)(C)C(=O)OC1C2CC3C(=O)OC1C3O2.CCC(C)(C)C(=O)OC1C2CC3C1OC(=O)C3C2C(=O)OC.CCC(C)(C)C(=O)OC1C2CC3OC(=O)C1(C)C3C2.CCC(C)(C)C(=O)OC1C2CC3OC(=O)C1C3C2.CCC(C)(C)C(=O)OC1C2OC(=O)C3C2OC1C3C(=O)OC.CCC(C)(C)C(=O)OC1C2OC(=O)C3CC1(C)CC32. The Balaban J connectivity index is 0.000000123. The summed E-state index contributed by atoms with van der Waals surface area (Å²) in [5.41, 5.74) is -3.86. The van der Waals surface area contributed by atoms with E-state index in [1.165, 1.54) is 14.2 Å². The van der Waals surface area contributed by atoms with E-state index in [0.29, 0.717) is 49.9 Å². The summed E-state index contributed by atoms with van der Waals surface area (Å²) in [5.74, 6) is -5.41. The normalized spacial score (nSPS) is 41.0. The molecule has 8 saturated carbocycles. The molecule has 8 aliphatic carbocycles. The monoisotopic (exact) mass is 1660 g/mol. The Labute approximate surface area is 689 Å². The van der Waals surface area contributed by atoms with Gasteiger partial charge in [-0.15, -0.1) is 0 Å². The molecule has 18 rings (SSSR count). The molecule has 18 aliphatic rings. The van der Waals surface area contributed by atoms with Crippen LogP contribution in [0, 0.1) is 126 Å². The molecule has 0 radical (unpaired) electrons. The highest BCUT2D eigenvalue weighted by Crippen LogP contribution is 2.65. The summed E-state index contributed by atoms with van der Waals surface area (Å²) in [4.78, 5) is 169. The number of methoxy groups -OCH3 is 2. The third-order valence-corrected chi connectivity index (χ3v) is 31.5. The minimum Gasteiger partial charge on any atom is -0.469 e. The summed E-state index contributed by atoms with van der Waals surface area (Å²) in [6.07, 6.45) is 5.35. The van der Waals surface area contributed by atoms with E-state index < -0.39 is 128 Å².